The number of aromatic amines is 1. The van der Waals surface area contributed by atoms with Gasteiger partial charge >= 0.3 is 0 Å². The Hall–Kier alpha value is -3.41. The molecule has 0 fully saturated rings. The molecule has 0 bridgehead atoms. The number of carbonyl (C=O) groups excluding carboxylic acids is 1. The maximum absolute atomic E-state index is 12.8. The van der Waals surface area contributed by atoms with Crippen LogP contribution < -0.4 is 10.0 Å². The summed E-state index contributed by atoms with van der Waals surface area (Å²) in [5, 5.41) is 2.63. The van der Waals surface area contributed by atoms with Crippen LogP contribution in [0.4, 0.5) is 11.6 Å². The van der Waals surface area contributed by atoms with Crippen LogP contribution in [0.25, 0.3) is 11.0 Å². The Kier molecular flexibility index (Phi) is 5.87. The van der Waals surface area contributed by atoms with Gasteiger partial charge in [0.2, 0.25) is 5.95 Å². The first-order valence-corrected chi connectivity index (χ1v) is 13.2. The van der Waals surface area contributed by atoms with Crippen LogP contribution in [0.5, 0.6) is 0 Å². The molecule has 0 saturated heterocycles. The monoisotopic (exact) mass is 504 g/mol. The largest absolute Gasteiger partial charge is 0.324 e. The zero-order valence-corrected chi connectivity index (χ0v) is 19.4. The number of hydrogen-bond acceptors (Lipinski definition) is 6. The van der Waals surface area contributed by atoms with Crippen LogP contribution in [0.2, 0.25) is 5.02 Å². The molecule has 3 N–H and O–H groups in total. The summed E-state index contributed by atoms with van der Waals surface area (Å²) >= 11 is 6.14. The summed E-state index contributed by atoms with van der Waals surface area (Å²) < 4.78 is 51.1. The molecule has 1 amide bonds. The van der Waals surface area contributed by atoms with Gasteiger partial charge in [0.05, 0.1) is 31.4 Å². The zero-order chi connectivity index (χ0) is 23.8. The van der Waals surface area contributed by atoms with E-state index in [4.69, 9.17) is 11.6 Å². The van der Waals surface area contributed by atoms with Crippen molar-refractivity contribution in [2.24, 2.45) is 0 Å². The minimum atomic E-state index is -4.09. The highest BCUT2D eigenvalue weighted by atomic mass is 35.5. The molecule has 12 heteroatoms. The van der Waals surface area contributed by atoms with Gasteiger partial charge in [-0.1, -0.05) is 23.7 Å². The minimum absolute atomic E-state index is 0.0556. The van der Waals surface area contributed by atoms with Gasteiger partial charge in [-0.2, -0.15) is 0 Å². The van der Waals surface area contributed by atoms with Crippen LogP contribution in [-0.4, -0.2) is 39.0 Å². The van der Waals surface area contributed by atoms with E-state index in [1.165, 1.54) is 36.4 Å². The number of H-pyrrole nitrogens is 1. The lowest BCUT2D eigenvalue weighted by Gasteiger charge is -2.11. The third-order valence-electron chi connectivity index (χ3n) is 4.65. The number of anilines is 2. The Morgan fingerprint density at radius 3 is 2.27 bits per heavy atom. The topological polar surface area (TPSA) is 138 Å². The van der Waals surface area contributed by atoms with Gasteiger partial charge in [-0.25, -0.2) is 21.8 Å². The summed E-state index contributed by atoms with van der Waals surface area (Å²) in [4.78, 5) is 19.8. The van der Waals surface area contributed by atoms with Crippen molar-refractivity contribution in [3.05, 3.63) is 77.3 Å². The fraction of sp³-hybridized carbons (Fsp3) is 0.0476. The van der Waals surface area contributed by atoms with Gasteiger partial charge in [-0.15, -0.1) is 0 Å². The first kappa shape index (κ1) is 22.8. The van der Waals surface area contributed by atoms with Crippen LogP contribution in [0.15, 0.2) is 76.5 Å². The average molecular weight is 505 g/mol. The van der Waals surface area contributed by atoms with E-state index in [0.717, 1.165) is 17.8 Å². The van der Waals surface area contributed by atoms with Gasteiger partial charge in [-0.05, 0) is 54.6 Å². The van der Waals surface area contributed by atoms with Crippen molar-refractivity contribution in [2.75, 3.05) is 16.3 Å². The lowest BCUT2D eigenvalue weighted by Crippen LogP contribution is -2.17. The number of fused-ring (bicyclic) bond motifs is 1. The molecular weight excluding hydrogens is 488 g/mol. The molecule has 0 spiro atoms. The molecule has 4 rings (SSSR count). The van der Waals surface area contributed by atoms with Gasteiger partial charge in [-0.3, -0.25) is 14.8 Å². The first-order valence-electron chi connectivity index (χ1n) is 9.41. The number of imidazole rings is 1. The van der Waals surface area contributed by atoms with Crippen LogP contribution in [0.1, 0.15) is 10.4 Å². The van der Waals surface area contributed by atoms with E-state index in [1.807, 2.05) is 12.1 Å². The van der Waals surface area contributed by atoms with Crippen LogP contribution in [0, 0.1) is 0 Å². The summed E-state index contributed by atoms with van der Waals surface area (Å²) in [6.07, 6.45) is 1.05. The van der Waals surface area contributed by atoms with E-state index in [0.29, 0.717) is 5.52 Å². The van der Waals surface area contributed by atoms with Crippen molar-refractivity contribution in [1.29, 1.82) is 0 Å². The van der Waals surface area contributed by atoms with Crippen LogP contribution >= 0.6 is 11.6 Å². The second-order valence-electron chi connectivity index (χ2n) is 7.10. The molecule has 170 valence electrons. The first-order chi connectivity index (χ1) is 15.5. The third-order valence-corrected chi connectivity index (χ3v) is 7.49. The van der Waals surface area contributed by atoms with Crippen LogP contribution in [0.3, 0.4) is 0 Å². The van der Waals surface area contributed by atoms with E-state index in [-0.39, 0.29) is 32.0 Å². The van der Waals surface area contributed by atoms with Gasteiger partial charge in [0, 0.05) is 11.9 Å². The number of hydrogen-bond donors (Lipinski definition) is 3. The summed E-state index contributed by atoms with van der Waals surface area (Å²) in [6.45, 7) is 0. The number of carbonyl (C=O) groups is 1. The molecule has 33 heavy (non-hydrogen) atoms. The highest BCUT2D eigenvalue weighted by Gasteiger charge is 2.20. The van der Waals surface area contributed by atoms with Gasteiger partial charge in [0.1, 0.15) is 0 Å². The number of nitrogens with zero attached hydrogens (tertiary/aromatic N) is 1. The fourth-order valence-corrected chi connectivity index (χ4v) is 4.93. The molecular formula is C21H17ClN4O5S2. The molecule has 0 aliphatic carbocycles. The fourth-order valence-electron chi connectivity index (χ4n) is 3.02. The predicted octanol–water partition coefficient (Wildman–Crippen LogP) is 3.67. The number of para-hydroxylation sites is 2. The predicted molar refractivity (Wildman–Crippen MR) is 126 cm³/mol. The molecule has 0 unspecified atom stereocenters. The lowest BCUT2D eigenvalue weighted by molar-refractivity contribution is 0.102. The minimum Gasteiger partial charge on any atom is -0.324 e. The smallest absolute Gasteiger partial charge is 0.261 e. The molecule has 9 nitrogen and oxygen atoms in total. The highest BCUT2D eigenvalue weighted by molar-refractivity contribution is 7.92. The molecule has 0 aliphatic heterocycles. The number of amides is 1. The summed E-state index contributed by atoms with van der Waals surface area (Å²) in [7, 11) is -7.50. The highest BCUT2D eigenvalue weighted by Crippen LogP contribution is 2.24. The Morgan fingerprint density at radius 2 is 1.61 bits per heavy atom. The SMILES string of the molecule is CS(=O)(=O)c1ccc(NS(=O)(=O)c2ccc(Cl)c(C(=O)Nc3nc4ccccc4[nH]3)c2)cc1. The molecule has 0 radical (unpaired) electrons. The van der Waals surface area contributed by atoms with Crippen molar-refractivity contribution in [2.45, 2.75) is 9.79 Å². The van der Waals surface area contributed by atoms with E-state index in [1.54, 1.807) is 12.1 Å². The number of sulfone groups is 1. The molecule has 1 heterocycles. The molecule has 0 saturated carbocycles. The second kappa shape index (κ2) is 8.50. The van der Waals surface area contributed by atoms with Crippen molar-refractivity contribution in [3.8, 4) is 0 Å². The van der Waals surface area contributed by atoms with Crippen molar-refractivity contribution in [1.82, 2.24) is 9.97 Å². The Morgan fingerprint density at radius 1 is 0.939 bits per heavy atom. The normalized spacial score (nSPS) is 11.9. The average Bonchev–Trinajstić information content (AvgIpc) is 3.15. The van der Waals surface area contributed by atoms with E-state index >= 15 is 0 Å². The van der Waals surface area contributed by atoms with E-state index in [9.17, 15) is 21.6 Å². The third kappa shape index (κ3) is 5.00. The summed E-state index contributed by atoms with van der Waals surface area (Å²) in [5.41, 5.74) is 1.47. The number of benzene rings is 3. The maximum atomic E-state index is 12.8. The standard InChI is InChI=1S/C21H17ClN4O5S2/c1-32(28,29)14-8-6-13(7-9-14)26-33(30,31)15-10-11-17(22)16(12-15)20(27)25-21-23-18-4-2-3-5-19(18)24-21/h2-12,26H,1H3,(H2,23,24,25,27). The number of nitrogens with one attached hydrogen (secondary N) is 3. The second-order valence-corrected chi connectivity index (χ2v) is 11.2. The van der Waals surface area contributed by atoms with Crippen molar-refractivity contribution in [3.63, 3.8) is 0 Å². The van der Waals surface area contributed by atoms with E-state index in [2.05, 4.69) is 20.0 Å². The summed E-state index contributed by atoms with van der Waals surface area (Å²) in [6, 6.07) is 16.2. The van der Waals surface area contributed by atoms with Crippen LogP contribution in [-0.2, 0) is 19.9 Å². The lowest BCUT2D eigenvalue weighted by atomic mass is 10.2. The molecule has 4 aromatic rings. The number of halogens is 1. The van der Waals surface area contributed by atoms with Gasteiger partial charge in [0.25, 0.3) is 15.9 Å². The number of aromatic nitrogens is 2. The Labute approximate surface area is 194 Å². The van der Waals surface area contributed by atoms with Gasteiger partial charge < -0.3 is 4.98 Å². The van der Waals surface area contributed by atoms with E-state index < -0.39 is 25.8 Å². The zero-order valence-electron chi connectivity index (χ0n) is 17.0. The Balaban J connectivity index is 1.58. The molecule has 0 atom stereocenters. The Bertz CT molecular complexity index is 1550. The van der Waals surface area contributed by atoms with Gasteiger partial charge in [0.15, 0.2) is 9.84 Å². The quantitative estimate of drug-likeness (QED) is 0.366. The van der Waals surface area contributed by atoms with Crippen molar-refractivity contribution >= 4 is 60.0 Å². The van der Waals surface area contributed by atoms with Crippen molar-refractivity contribution < 1.29 is 21.6 Å². The summed E-state index contributed by atoms with van der Waals surface area (Å²) in [5.74, 6) is -0.455. The molecule has 0 aliphatic rings. The number of rotatable bonds is 6. The molecule has 1 aromatic heterocycles. The number of sulfonamides is 1. The molecule has 3 aromatic carbocycles. The maximum Gasteiger partial charge on any atom is 0.261 e.